The smallest absolute Gasteiger partial charge is 0.156 e. The SMILES string of the molecule is CC(C)(C)c1cc(CC(=O)[C@@H]2CCN2C2CCOCC2)no1. The molecule has 0 N–H and O–H groups in total. The number of Topliss-reactive ketones (excluding diaryl/α,β-unsaturated/α-hetero) is 1. The number of hydrogen-bond donors (Lipinski definition) is 0. The second-order valence-corrected chi connectivity index (χ2v) is 7.46. The molecule has 2 aliphatic rings. The molecule has 5 nitrogen and oxygen atoms in total. The first-order chi connectivity index (χ1) is 10.4. The number of aromatic nitrogens is 1. The fourth-order valence-electron chi connectivity index (χ4n) is 3.25. The van der Waals surface area contributed by atoms with Crippen molar-refractivity contribution in [1.29, 1.82) is 0 Å². The lowest BCUT2D eigenvalue weighted by Gasteiger charge is -2.46. The highest BCUT2D eigenvalue weighted by Crippen LogP contribution is 2.28. The van der Waals surface area contributed by atoms with E-state index in [9.17, 15) is 4.79 Å². The van der Waals surface area contributed by atoms with Crippen LogP contribution in [0.3, 0.4) is 0 Å². The topological polar surface area (TPSA) is 55.6 Å². The van der Waals surface area contributed by atoms with Crippen molar-refractivity contribution in [1.82, 2.24) is 10.1 Å². The van der Waals surface area contributed by atoms with Crippen molar-refractivity contribution in [3.63, 3.8) is 0 Å². The summed E-state index contributed by atoms with van der Waals surface area (Å²) in [5, 5.41) is 4.07. The maximum Gasteiger partial charge on any atom is 0.156 e. The van der Waals surface area contributed by atoms with Crippen LogP contribution < -0.4 is 0 Å². The Morgan fingerprint density at radius 1 is 1.32 bits per heavy atom. The summed E-state index contributed by atoms with van der Waals surface area (Å²) in [5.41, 5.74) is 0.688. The highest BCUT2D eigenvalue weighted by Gasteiger charge is 2.39. The maximum atomic E-state index is 12.6. The molecule has 0 bridgehead atoms. The van der Waals surface area contributed by atoms with Crippen molar-refractivity contribution >= 4 is 5.78 Å². The summed E-state index contributed by atoms with van der Waals surface area (Å²) >= 11 is 0. The number of carbonyl (C=O) groups is 1. The summed E-state index contributed by atoms with van der Waals surface area (Å²) in [6.45, 7) is 8.92. The molecule has 0 aromatic carbocycles. The minimum Gasteiger partial charge on any atom is -0.381 e. The van der Waals surface area contributed by atoms with Crippen LogP contribution in [0.15, 0.2) is 10.6 Å². The summed E-state index contributed by atoms with van der Waals surface area (Å²) in [5.74, 6) is 1.11. The van der Waals surface area contributed by atoms with E-state index in [0.717, 1.165) is 50.5 Å². The number of ketones is 1. The molecule has 122 valence electrons. The number of carbonyl (C=O) groups excluding carboxylic acids is 1. The van der Waals surface area contributed by atoms with E-state index in [4.69, 9.17) is 9.26 Å². The van der Waals surface area contributed by atoms with Crippen molar-refractivity contribution in [2.45, 2.75) is 64.0 Å². The Kier molecular flexibility index (Phi) is 4.37. The van der Waals surface area contributed by atoms with Crippen LogP contribution in [0.5, 0.6) is 0 Å². The second-order valence-electron chi connectivity index (χ2n) is 7.46. The van der Waals surface area contributed by atoms with Crippen molar-refractivity contribution in [3.05, 3.63) is 17.5 Å². The minimum atomic E-state index is -0.0705. The second kappa shape index (κ2) is 6.13. The van der Waals surface area contributed by atoms with E-state index in [0.29, 0.717) is 12.5 Å². The summed E-state index contributed by atoms with van der Waals surface area (Å²) in [4.78, 5) is 14.9. The standard InChI is InChI=1S/C17H26N2O3/c1-17(2,3)16-11-12(18-22-16)10-15(20)14-4-7-19(14)13-5-8-21-9-6-13/h11,13-14H,4-10H2,1-3H3/t14-/m0/s1. The Morgan fingerprint density at radius 3 is 2.59 bits per heavy atom. The Balaban J connectivity index is 1.58. The first-order valence-electron chi connectivity index (χ1n) is 8.27. The van der Waals surface area contributed by atoms with Gasteiger partial charge in [0.2, 0.25) is 0 Å². The summed E-state index contributed by atoms with van der Waals surface area (Å²) in [7, 11) is 0. The summed E-state index contributed by atoms with van der Waals surface area (Å²) in [6, 6.07) is 2.51. The lowest BCUT2D eigenvalue weighted by atomic mass is 9.90. The zero-order valence-corrected chi connectivity index (χ0v) is 13.8. The Morgan fingerprint density at radius 2 is 2.05 bits per heavy atom. The zero-order valence-electron chi connectivity index (χ0n) is 13.8. The highest BCUT2D eigenvalue weighted by atomic mass is 16.5. The molecule has 0 spiro atoms. The molecule has 22 heavy (non-hydrogen) atoms. The molecule has 3 heterocycles. The quantitative estimate of drug-likeness (QED) is 0.854. The maximum absolute atomic E-state index is 12.6. The van der Waals surface area contributed by atoms with Crippen molar-refractivity contribution in [2.24, 2.45) is 0 Å². The number of hydrogen-bond acceptors (Lipinski definition) is 5. The first kappa shape index (κ1) is 15.7. The molecule has 2 fully saturated rings. The number of nitrogens with zero attached hydrogens (tertiary/aromatic N) is 2. The normalized spacial score (nSPS) is 24.2. The van der Waals surface area contributed by atoms with E-state index in [1.165, 1.54) is 0 Å². The van der Waals surface area contributed by atoms with Crippen molar-refractivity contribution in [2.75, 3.05) is 19.8 Å². The van der Waals surface area contributed by atoms with Crippen molar-refractivity contribution < 1.29 is 14.1 Å². The van der Waals surface area contributed by atoms with Gasteiger partial charge < -0.3 is 9.26 Å². The van der Waals surface area contributed by atoms with E-state index < -0.39 is 0 Å². The van der Waals surface area contributed by atoms with E-state index in [2.05, 4.69) is 30.8 Å². The monoisotopic (exact) mass is 306 g/mol. The van der Waals surface area contributed by atoms with Crippen LogP contribution in [0.4, 0.5) is 0 Å². The third-order valence-corrected chi connectivity index (χ3v) is 4.75. The molecule has 0 radical (unpaired) electrons. The van der Waals surface area contributed by atoms with E-state index in [1.807, 2.05) is 6.07 Å². The van der Waals surface area contributed by atoms with Crippen molar-refractivity contribution in [3.8, 4) is 0 Å². The average molecular weight is 306 g/mol. The molecular weight excluding hydrogens is 280 g/mol. The molecule has 1 aromatic rings. The van der Waals surface area contributed by atoms with Crippen LogP contribution >= 0.6 is 0 Å². The fourth-order valence-corrected chi connectivity index (χ4v) is 3.25. The summed E-state index contributed by atoms with van der Waals surface area (Å²) < 4.78 is 10.8. The van der Waals surface area contributed by atoms with Crippen LogP contribution in [-0.4, -0.2) is 47.7 Å². The van der Waals surface area contributed by atoms with Gasteiger partial charge in [-0.15, -0.1) is 0 Å². The van der Waals surface area contributed by atoms with Gasteiger partial charge in [0.25, 0.3) is 0 Å². The number of rotatable bonds is 4. The van der Waals surface area contributed by atoms with Crippen LogP contribution in [0.1, 0.15) is 51.5 Å². The molecule has 0 saturated carbocycles. The van der Waals surface area contributed by atoms with Crippen LogP contribution in [0.2, 0.25) is 0 Å². The summed E-state index contributed by atoms with van der Waals surface area (Å²) in [6.07, 6.45) is 3.44. The molecule has 2 saturated heterocycles. The van der Waals surface area contributed by atoms with Gasteiger partial charge in [-0.25, -0.2) is 0 Å². The predicted molar refractivity (Wildman–Crippen MR) is 82.9 cm³/mol. The van der Waals surface area contributed by atoms with Gasteiger partial charge in [-0.1, -0.05) is 25.9 Å². The molecule has 5 heteroatoms. The molecule has 0 amide bonds. The predicted octanol–water partition coefficient (Wildman–Crippen LogP) is 2.34. The first-order valence-corrected chi connectivity index (χ1v) is 8.27. The van der Waals surface area contributed by atoms with Gasteiger partial charge >= 0.3 is 0 Å². The zero-order chi connectivity index (χ0) is 15.7. The van der Waals surface area contributed by atoms with Crippen LogP contribution in [-0.2, 0) is 21.4 Å². The van der Waals surface area contributed by atoms with Gasteiger partial charge in [0.1, 0.15) is 5.76 Å². The third kappa shape index (κ3) is 3.25. The van der Waals surface area contributed by atoms with Gasteiger partial charge in [0.15, 0.2) is 5.78 Å². The average Bonchev–Trinajstić information content (AvgIpc) is 2.87. The van der Waals surface area contributed by atoms with Gasteiger partial charge in [-0.3, -0.25) is 9.69 Å². The van der Waals surface area contributed by atoms with Gasteiger partial charge in [0, 0.05) is 37.3 Å². The number of ether oxygens (including phenoxy) is 1. The Labute approximate surface area is 132 Å². The van der Waals surface area contributed by atoms with E-state index in [1.54, 1.807) is 0 Å². The number of likely N-dealkylation sites (tertiary alicyclic amines) is 1. The van der Waals surface area contributed by atoms with Gasteiger partial charge in [-0.2, -0.15) is 0 Å². The van der Waals surface area contributed by atoms with Crippen LogP contribution in [0, 0.1) is 0 Å². The lowest BCUT2D eigenvalue weighted by Crippen LogP contribution is -2.58. The largest absolute Gasteiger partial charge is 0.381 e. The third-order valence-electron chi connectivity index (χ3n) is 4.75. The highest BCUT2D eigenvalue weighted by molar-refractivity contribution is 5.86. The molecule has 1 aromatic heterocycles. The van der Waals surface area contributed by atoms with Gasteiger partial charge in [-0.05, 0) is 19.3 Å². The molecule has 2 aliphatic heterocycles. The molecule has 1 atom stereocenters. The van der Waals surface area contributed by atoms with Gasteiger partial charge in [0.05, 0.1) is 18.2 Å². The lowest BCUT2D eigenvalue weighted by molar-refractivity contribution is -0.131. The van der Waals surface area contributed by atoms with E-state index in [-0.39, 0.29) is 17.2 Å². The molecule has 3 rings (SSSR count). The van der Waals surface area contributed by atoms with E-state index >= 15 is 0 Å². The van der Waals surface area contributed by atoms with Crippen LogP contribution in [0.25, 0.3) is 0 Å². The molecular formula is C17H26N2O3. The fraction of sp³-hybridized carbons (Fsp3) is 0.765. The Bertz CT molecular complexity index is 526. The molecule has 0 aliphatic carbocycles. The minimum absolute atomic E-state index is 0.0675. The molecule has 0 unspecified atom stereocenters. The Hall–Kier alpha value is -1.20.